The van der Waals surface area contributed by atoms with Crippen LogP contribution in [0.15, 0.2) is 47.1 Å². The first-order valence-corrected chi connectivity index (χ1v) is 8.99. The van der Waals surface area contributed by atoms with Gasteiger partial charge in [0.05, 0.1) is 11.8 Å². The molecule has 1 aromatic heterocycles. The van der Waals surface area contributed by atoms with Crippen molar-refractivity contribution in [2.75, 3.05) is 20.1 Å². The highest BCUT2D eigenvalue weighted by molar-refractivity contribution is 5.91. The Morgan fingerprint density at radius 2 is 1.79 bits per heavy atom. The maximum absolute atomic E-state index is 12.7. The summed E-state index contributed by atoms with van der Waals surface area (Å²) < 4.78 is 43.0. The molecule has 3 rings (SSSR count). The molecule has 150 valence electrons. The molecule has 2 aromatic rings. The zero-order valence-electron chi connectivity index (χ0n) is 15.4. The number of hydrogen-bond donors (Lipinski definition) is 0. The van der Waals surface area contributed by atoms with E-state index in [9.17, 15) is 22.8 Å². The molecule has 0 atom stereocenters. The molecule has 1 aliphatic rings. The second-order valence-electron chi connectivity index (χ2n) is 6.93. The van der Waals surface area contributed by atoms with Gasteiger partial charge in [0.25, 0.3) is 5.91 Å². The van der Waals surface area contributed by atoms with Gasteiger partial charge in [-0.1, -0.05) is 12.1 Å². The average molecular weight is 394 g/mol. The van der Waals surface area contributed by atoms with E-state index < -0.39 is 11.7 Å². The monoisotopic (exact) mass is 394 g/mol. The van der Waals surface area contributed by atoms with Crippen LogP contribution in [0, 0.1) is 5.92 Å². The summed E-state index contributed by atoms with van der Waals surface area (Å²) in [5.41, 5.74) is -0.0758. The lowest BCUT2D eigenvalue weighted by Crippen LogP contribution is -2.43. The number of piperidine rings is 1. The van der Waals surface area contributed by atoms with Crippen LogP contribution >= 0.6 is 0 Å². The van der Waals surface area contributed by atoms with Crippen molar-refractivity contribution in [3.05, 3.63) is 59.5 Å². The third-order valence-electron chi connectivity index (χ3n) is 4.94. The van der Waals surface area contributed by atoms with Crippen molar-refractivity contribution in [1.82, 2.24) is 9.80 Å². The zero-order valence-corrected chi connectivity index (χ0v) is 15.4. The van der Waals surface area contributed by atoms with Gasteiger partial charge in [-0.15, -0.1) is 0 Å². The number of furan rings is 1. The van der Waals surface area contributed by atoms with E-state index >= 15 is 0 Å². The largest absolute Gasteiger partial charge is 0.459 e. The van der Waals surface area contributed by atoms with Crippen LogP contribution in [0.5, 0.6) is 0 Å². The van der Waals surface area contributed by atoms with E-state index in [1.54, 1.807) is 24.1 Å². The SMILES string of the molecule is CN(Cc1ccc(C(F)(F)F)cc1)C(=O)C1CCN(C(=O)c2ccco2)CC1. The quantitative estimate of drug-likeness (QED) is 0.793. The van der Waals surface area contributed by atoms with Crippen LogP contribution < -0.4 is 0 Å². The molecule has 1 fully saturated rings. The molecule has 0 bridgehead atoms. The number of alkyl halides is 3. The fourth-order valence-corrected chi connectivity index (χ4v) is 3.35. The molecular formula is C20H21F3N2O3. The number of rotatable bonds is 4. The Morgan fingerprint density at radius 1 is 1.14 bits per heavy atom. The molecule has 0 aliphatic carbocycles. The summed E-state index contributed by atoms with van der Waals surface area (Å²) in [6.45, 7) is 1.16. The van der Waals surface area contributed by atoms with Gasteiger partial charge in [0, 0.05) is 32.6 Å². The van der Waals surface area contributed by atoms with Crippen molar-refractivity contribution < 1.29 is 27.2 Å². The first-order valence-electron chi connectivity index (χ1n) is 8.99. The number of hydrogen-bond acceptors (Lipinski definition) is 3. The Hall–Kier alpha value is -2.77. The van der Waals surface area contributed by atoms with E-state index in [0.717, 1.165) is 12.1 Å². The first-order chi connectivity index (χ1) is 13.3. The molecule has 0 unspecified atom stereocenters. The van der Waals surface area contributed by atoms with E-state index in [1.807, 2.05) is 0 Å². The third-order valence-corrected chi connectivity index (χ3v) is 4.94. The smallest absolute Gasteiger partial charge is 0.416 e. The number of carbonyl (C=O) groups excluding carboxylic acids is 2. The minimum atomic E-state index is -4.37. The van der Waals surface area contributed by atoms with Gasteiger partial charge in [-0.05, 0) is 42.7 Å². The molecule has 8 heteroatoms. The first kappa shape index (κ1) is 20.0. The lowest BCUT2D eigenvalue weighted by molar-refractivity contribution is -0.138. The molecule has 0 N–H and O–H groups in total. The maximum Gasteiger partial charge on any atom is 0.416 e. The normalized spacial score (nSPS) is 15.5. The standard InChI is InChI=1S/C20H21F3N2O3/c1-24(13-14-4-6-16(7-5-14)20(21,22)23)18(26)15-8-10-25(11-9-15)19(27)17-3-2-12-28-17/h2-7,12,15H,8-11,13H2,1H3. The molecule has 5 nitrogen and oxygen atoms in total. The van der Waals surface area contributed by atoms with Gasteiger partial charge in [0.15, 0.2) is 5.76 Å². The van der Waals surface area contributed by atoms with Crippen molar-refractivity contribution in [1.29, 1.82) is 0 Å². The summed E-state index contributed by atoms with van der Waals surface area (Å²) in [7, 11) is 1.64. The number of halogens is 3. The summed E-state index contributed by atoms with van der Waals surface area (Å²) in [6.07, 6.45) is -1.84. The van der Waals surface area contributed by atoms with Crippen LogP contribution in [0.25, 0.3) is 0 Å². The molecule has 1 aliphatic heterocycles. The highest BCUT2D eigenvalue weighted by Gasteiger charge is 2.31. The highest BCUT2D eigenvalue weighted by Crippen LogP contribution is 2.29. The second kappa shape index (κ2) is 8.08. The average Bonchev–Trinajstić information content (AvgIpc) is 3.21. The fourth-order valence-electron chi connectivity index (χ4n) is 3.35. The Labute approximate surface area is 160 Å². The molecule has 1 aromatic carbocycles. The summed E-state index contributed by atoms with van der Waals surface area (Å²) in [5.74, 6) is -0.177. The van der Waals surface area contributed by atoms with Gasteiger partial charge in [0.1, 0.15) is 0 Å². The fraction of sp³-hybridized carbons (Fsp3) is 0.400. The van der Waals surface area contributed by atoms with Crippen LogP contribution in [0.1, 0.15) is 34.5 Å². The van der Waals surface area contributed by atoms with Crippen molar-refractivity contribution in [2.24, 2.45) is 5.92 Å². The third kappa shape index (κ3) is 4.55. The van der Waals surface area contributed by atoms with Crippen LogP contribution in [0.2, 0.25) is 0 Å². The molecule has 28 heavy (non-hydrogen) atoms. The highest BCUT2D eigenvalue weighted by atomic mass is 19.4. The Bertz CT molecular complexity index is 808. The zero-order chi connectivity index (χ0) is 20.3. The van der Waals surface area contributed by atoms with Gasteiger partial charge < -0.3 is 14.2 Å². The molecule has 1 saturated heterocycles. The van der Waals surface area contributed by atoms with E-state index in [1.165, 1.54) is 23.3 Å². The van der Waals surface area contributed by atoms with Gasteiger partial charge >= 0.3 is 6.18 Å². The number of nitrogens with zero attached hydrogens (tertiary/aromatic N) is 2. The van der Waals surface area contributed by atoms with Crippen LogP contribution in [0.3, 0.4) is 0 Å². The van der Waals surface area contributed by atoms with Gasteiger partial charge in [-0.3, -0.25) is 9.59 Å². The predicted octanol–water partition coefficient (Wildman–Crippen LogP) is 3.81. The molecule has 2 heterocycles. The van der Waals surface area contributed by atoms with E-state index in [0.29, 0.717) is 31.5 Å². The molecule has 0 spiro atoms. The number of benzene rings is 1. The predicted molar refractivity (Wildman–Crippen MR) is 95.3 cm³/mol. The van der Waals surface area contributed by atoms with E-state index in [4.69, 9.17) is 4.42 Å². The molecule has 2 amide bonds. The van der Waals surface area contributed by atoms with Crippen molar-refractivity contribution in [3.8, 4) is 0 Å². The summed E-state index contributed by atoms with van der Waals surface area (Å²) in [4.78, 5) is 28.1. The minimum Gasteiger partial charge on any atom is -0.459 e. The Morgan fingerprint density at radius 3 is 2.32 bits per heavy atom. The summed E-state index contributed by atoms with van der Waals surface area (Å²) >= 11 is 0. The minimum absolute atomic E-state index is 0.0648. The molecular weight excluding hydrogens is 373 g/mol. The second-order valence-corrected chi connectivity index (χ2v) is 6.93. The van der Waals surface area contributed by atoms with E-state index in [-0.39, 0.29) is 30.0 Å². The Kier molecular flexibility index (Phi) is 5.76. The topological polar surface area (TPSA) is 53.8 Å². The summed E-state index contributed by atoms with van der Waals surface area (Å²) in [6, 6.07) is 8.07. The van der Waals surface area contributed by atoms with Gasteiger partial charge in [-0.25, -0.2) is 0 Å². The van der Waals surface area contributed by atoms with Crippen molar-refractivity contribution in [2.45, 2.75) is 25.6 Å². The van der Waals surface area contributed by atoms with Gasteiger partial charge in [0.2, 0.25) is 5.91 Å². The lowest BCUT2D eigenvalue weighted by atomic mass is 9.95. The van der Waals surface area contributed by atoms with Gasteiger partial charge in [-0.2, -0.15) is 13.2 Å². The van der Waals surface area contributed by atoms with Crippen molar-refractivity contribution >= 4 is 11.8 Å². The number of amides is 2. The van der Waals surface area contributed by atoms with Crippen LogP contribution in [-0.2, 0) is 17.5 Å². The van der Waals surface area contributed by atoms with E-state index in [2.05, 4.69) is 0 Å². The Balaban J connectivity index is 1.52. The lowest BCUT2D eigenvalue weighted by Gasteiger charge is -2.32. The summed E-state index contributed by atoms with van der Waals surface area (Å²) in [5, 5.41) is 0. The van der Waals surface area contributed by atoms with Crippen LogP contribution in [-0.4, -0.2) is 41.8 Å². The van der Waals surface area contributed by atoms with Crippen LogP contribution in [0.4, 0.5) is 13.2 Å². The number of carbonyl (C=O) groups is 2. The molecule has 0 saturated carbocycles. The van der Waals surface area contributed by atoms with Crippen molar-refractivity contribution in [3.63, 3.8) is 0 Å². The molecule has 0 radical (unpaired) electrons. The number of likely N-dealkylation sites (tertiary alicyclic amines) is 1. The maximum atomic E-state index is 12.7.